The van der Waals surface area contributed by atoms with E-state index in [1.807, 2.05) is 6.92 Å². The molecule has 16 heavy (non-hydrogen) atoms. The van der Waals surface area contributed by atoms with E-state index in [4.69, 9.17) is 5.73 Å². The molecule has 1 aromatic rings. The Balaban J connectivity index is 0.00000225. The number of hydrogen-bond acceptors (Lipinski definition) is 4. The normalized spacial score (nSPS) is 13.2. The summed E-state index contributed by atoms with van der Waals surface area (Å²) >= 11 is 0. The van der Waals surface area contributed by atoms with Crippen molar-refractivity contribution in [2.24, 2.45) is 12.8 Å². The van der Waals surface area contributed by atoms with E-state index in [1.54, 1.807) is 7.05 Å². The van der Waals surface area contributed by atoms with Gasteiger partial charge in [0.1, 0.15) is 4.90 Å². The summed E-state index contributed by atoms with van der Waals surface area (Å²) in [6.45, 7) is 2.17. The highest BCUT2D eigenvalue weighted by Gasteiger charge is 2.15. The van der Waals surface area contributed by atoms with Crippen molar-refractivity contribution in [1.29, 1.82) is 0 Å². The minimum absolute atomic E-state index is 0. The first-order valence-corrected chi connectivity index (χ1v) is 6.14. The van der Waals surface area contributed by atoms with Crippen molar-refractivity contribution < 1.29 is 8.42 Å². The lowest BCUT2D eigenvalue weighted by molar-refractivity contribution is 0.571. The van der Waals surface area contributed by atoms with Crippen LogP contribution in [0.25, 0.3) is 0 Å². The van der Waals surface area contributed by atoms with Crippen molar-refractivity contribution in [3.63, 3.8) is 0 Å². The van der Waals surface area contributed by atoms with Gasteiger partial charge in [0.05, 0.1) is 6.20 Å². The van der Waals surface area contributed by atoms with Crippen molar-refractivity contribution in [3.8, 4) is 0 Å². The molecule has 0 fully saturated rings. The van der Waals surface area contributed by atoms with Gasteiger partial charge < -0.3 is 5.73 Å². The van der Waals surface area contributed by atoms with E-state index >= 15 is 0 Å². The molecule has 1 rings (SSSR count). The highest BCUT2D eigenvalue weighted by atomic mass is 35.5. The molecule has 0 amide bonds. The second kappa shape index (κ2) is 6.19. The standard InChI is InChI=1S/C8H16N4O2S.ClH/c1-7(9)3-4-11-15(13,14)8-5-10-12(2)6-8;/h5-7,11H,3-4,9H2,1-2H3;1H. The van der Waals surface area contributed by atoms with Gasteiger partial charge in [-0.15, -0.1) is 12.4 Å². The van der Waals surface area contributed by atoms with Crippen LogP contribution in [0, 0.1) is 0 Å². The van der Waals surface area contributed by atoms with Gasteiger partial charge in [-0.25, -0.2) is 13.1 Å². The maximum atomic E-state index is 11.6. The quantitative estimate of drug-likeness (QED) is 0.778. The Morgan fingerprint density at radius 2 is 2.25 bits per heavy atom. The molecule has 0 saturated carbocycles. The summed E-state index contributed by atoms with van der Waals surface area (Å²) in [6, 6.07) is -0.0124. The first-order chi connectivity index (χ1) is 6.92. The van der Waals surface area contributed by atoms with Crippen LogP contribution in [0.2, 0.25) is 0 Å². The maximum absolute atomic E-state index is 11.6. The Kier molecular flexibility index (Phi) is 5.95. The Bertz CT molecular complexity index is 415. The number of aromatic nitrogens is 2. The minimum Gasteiger partial charge on any atom is -0.328 e. The molecular formula is C8H17ClN4O2S. The molecule has 0 aromatic carbocycles. The summed E-state index contributed by atoms with van der Waals surface area (Å²) in [7, 11) is -1.76. The number of nitrogens with two attached hydrogens (primary N) is 1. The van der Waals surface area contributed by atoms with Gasteiger partial charge in [-0.3, -0.25) is 4.68 Å². The average Bonchev–Trinajstić information content (AvgIpc) is 2.51. The molecule has 8 heteroatoms. The minimum atomic E-state index is -3.42. The SMILES string of the molecule is CC(N)CCNS(=O)(=O)c1cnn(C)c1.Cl. The van der Waals surface area contributed by atoms with Gasteiger partial charge in [0.25, 0.3) is 0 Å². The molecular weight excluding hydrogens is 252 g/mol. The molecule has 94 valence electrons. The third-order valence-electron chi connectivity index (χ3n) is 1.88. The topological polar surface area (TPSA) is 90.0 Å². The molecule has 1 unspecified atom stereocenters. The Morgan fingerprint density at radius 3 is 2.69 bits per heavy atom. The average molecular weight is 269 g/mol. The number of hydrogen-bond donors (Lipinski definition) is 2. The highest BCUT2D eigenvalue weighted by Crippen LogP contribution is 2.05. The molecule has 0 saturated heterocycles. The number of sulfonamides is 1. The number of rotatable bonds is 5. The van der Waals surface area contributed by atoms with E-state index in [-0.39, 0.29) is 23.3 Å². The fourth-order valence-corrected chi connectivity index (χ4v) is 2.07. The molecule has 6 nitrogen and oxygen atoms in total. The van der Waals surface area contributed by atoms with E-state index in [1.165, 1.54) is 17.1 Å². The Hall–Kier alpha value is -0.630. The number of nitrogens with one attached hydrogen (secondary N) is 1. The zero-order chi connectivity index (χ0) is 11.5. The van der Waals surface area contributed by atoms with Crippen LogP contribution in [-0.2, 0) is 17.1 Å². The summed E-state index contributed by atoms with van der Waals surface area (Å²) in [5.41, 5.74) is 5.51. The van der Waals surface area contributed by atoms with Crippen LogP contribution in [0.1, 0.15) is 13.3 Å². The van der Waals surface area contributed by atoms with Gasteiger partial charge in [0, 0.05) is 25.8 Å². The van der Waals surface area contributed by atoms with Gasteiger partial charge in [-0.05, 0) is 13.3 Å². The van der Waals surface area contributed by atoms with Crippen LogP contribution in [-0.4, -0.2) is 30.8 Å². The predicted molar refractivity (Wildman–Crippen MR) is 63.9 cm³/mol. The molecule has 1 aromatic heterocycles. The van der Waals surface area contributed by atoms with Gasteiger partial charge in [-0.2, -0.15) is 5.10 Å². The van der Waals surface area contributed by atoms with Crippen LogP contribution in [0.15, 0.2) is 17.3 Å². The molecule has 0 aliphatic rings. The Labute approximate surface area is 102 Å². The van der Waals surface area contributed by atoms with Gasteiger partial charge in [0.15, 0.2) is 0 Å². The summed E-state index contributed by atoms with van der Waals surface area (Å²) < 4.78 is 27.1. The zero-order valence-corrected chi connectivity index (χ0v) is 10.9. The molecule has 1 heterocycles. The number of aryl methyl sites for hydroxylation is 1. The van der Waals surface area contributed by atoms with Crippen molar-refractivity contribution in [2.75, 3.05) is 6.54 Å². The molecule has 3 N–H and O–H groups in total. The lowest BCUT2D eigenvalue weighted by Gasteiger charge is -2.06. The molecule has 0 aliphatic carbocycles. The molecule has 0 aliphatic heterocycles. The van der Waals surface area contributed by atoms with E-state index in [0.29, 0.717) is 13.0 Å². The fourth-order valence-electron chi connectivity index (χ4n) is 1.04. The fraction of sp³-hybridized carbons (Fsp3) is 0.625. The molecule has 0 bridgehead atoms. The first kappa shape index (κ1) is 15.4. The molecule has 0 radical (unpaired) electrons. The van der Waals surface area contributed by atoms with Crippen LogP contribution in [0.3, 0.4) is 0 Å². The van der Waals surface area contributed by atoms with Crippen LogP contribution < -0.4 is 10.5 Å². The third-order valence-corrected chi connectivity index (χ3v) is 3.30. The predicted octanol–water partition coefficient (Wildman–Crippen LogP) is -0.142. The van der Waals surface area contributed by atoms with Crippen molar-refractivity contribution in [1.82, 2.24) is 14.5 Å². The lowest BCUT2D eigenvalue weighted by atomic mass is 10.3. The zero-order valence-electron chi connectivity index (χ0n) is 9.25. The van der Waals surface area contributed by atoms with Gasteiger partial charge in [-0.1, -0.05) is 0 Å². The highest BCUT2D eigenvalue weighted by molar-refractivity contribution is 7.89. The first-order valence-electron chi connectivity index (χ1n) is 4.66. The molecule has 1 atom stereocenters. The lowest BCUT2D eigenvalue weighted by Crippen LogP contribution is -2.28. The van der Waals surface area contributed by atoms with E-state index in [2.05, 4.69) is 9.82 Å². The second-order valence-electron chi connectivity index (χ2n) is 3.51. The largest absolute Gasteiger partial charge is 0.328 e. The number of halogens is 1. The van der Waals surface area contributed by atoms with E-state index in [0.717, 1.165) is 0 Å². The van der Waals surface area contributed by atoms with E-state index < -0.39 is 10.0 Å². The second-order valence-corrected chi connectivity index (χ2v) is 5.28. The summed E-state index contributed by atoms with van der Waals surface area (Å²) in [5.74, 6) is 0. The summed E-state index contributed by atoms with van der Waals surface area (Å²) in [6.07, 6.45) is 3.38. The van der Waals surface area contributed by atoms with Crippen molar-refractivity contribution in [2.45, 2.75) is 24.3 Å². The monoisotopic (exact) mass is 268 g/mol. The summed E-state index contributed by atoms with van der Waals surface area (Å²) in [4.78, 5) is 0.176. The van der Waals surface area contributed by atoms with Crippen LogP contribution in [0.5, 0.6) is 0 Å². The number of nitrogens with zero attached hydrogens (tertiary/aromatic N) is 2. The van der Waals surface area contributed by atoms with Crippen molar-refractivity contribution >= 4 is 22.4 Å². The smallest absolute Gasteiger partial charge is 0.243 e. The van der Waals surface area contributed by atoms with Crippen LogP contribution in [0.4, 0.5) is 0 Å². The maximum Gasteiger partial charge on any atom is 0.243 e. The van der Waals surface area contributed by atoms with Crippen LogP contribution >= 0.6 is 12.4 Å². The van der Waals surface area contributed by atoms with E-state index in [9.17, 15) is 8.42 Å². The van der Waals surface area contributed by atoms with Crippen molar-refractivity contribution in [3.05, 3.63) is 12.4 Å². The van der Waals surface area contributed by atoms with Gasteiger partial charge >= 0.3 is 0 Å². The molecule has 0 spiro atoms. The third kappa shape index (κ3) is 4.48. The summed E-state index contributed by atoms with van der Waals surface area (Å²) in [5, 5.41) is 3.80. The Morgan fingerprint density at radius 1 is 1.62 bits per heavy atom. The van der Waals surface area contributed by atoms with Gasteiger partial charge in [0.2, 0.25) is 10.0 Å².